The number of carbonyl (C=O) groups excluding carboxylic acids is 1. The summed E-state index contributed by atoms with van der Waals surface area (Å²) in [7, 11) is 0. The van der Waals surface area contributed by atoms with Gasteiger partial charge in [0.2, 0.25) is 5.89 Å². The predicted molar refractivity (Wildman–Crippen MR) is 129 cm³/mol. The average molecular weight is 449 g/mol. The third kappa shape index (κ3) is 4.63. The number of rotatable bonds is 6. The lowest BCUT2D eigenvalue weighted by Gasteiger charge is -2.11. The van der Waals surface area contributed by atoms with Crippen molar-refractivity contribution in [3.05, 3.63) is 76.3 Å². The molecule has 1 heterocycles. The fourth-order valence-corrected chi connectivity index (χ4v) is 3.60. The van der Waals surface area contributed by atoms with E-state index < -0.39 is 0 Å². The number of nitrogens with one attached hydrogen (secondary N) is 1. The minimum atomic E-state index is -0.265. The summed E-state index contributed by atoms with van der Waals surface area (Å²) in [5.41, 5.74) is 5.99. The van der Waals surface area contributed by atoms with Crippen LogP contribution in [0.15, 0.2) is 59.0 Å². The highest BCUT2D eigenvalue weighted by atomic mass is 35.5. The van der Waals surface area contributed by atoms with Crippen LogP contribution in [-0.2, 0) is 4.79 Å². The standard InChI is InChI=1S/C26H25ClN2O3/c1-15(2)18-8-11-24-22(12-18)29-26(32-24)20-13-19(9-10-21(20)27)28-25(30)14-31-23-7-5-6-16(3)17(23)4/h5-13,15H,14H2,1-4H3,(H,28,30). The van der Waals surface area contributed by atoms with Crippen molar-refractivity contribution in [2.45, 2.75) is 33.6 Å². The van der Waals surface area contributed by atoms with Gasteiger partial charge in [-0.1, -0.05) is 43.6 Å². The van der Waals surface area contributed by atoms with Crippen molar-refractivity contribution in [2.75, 3.05) is 11.9 Å². The summed E-state index contributed by atoms with van der Waals surface area (Å²) in [5.74, 6) is 1.24. The van der Waals surface area contributed by atoms with Gasteiger partial charge in [-0.25, -0.2) is 4.98 Å². The number of hydrogen-bond donors (Lipinski definition) is 1. The maximum Gasteiger partial charge on any atom is 0.262 e. The first-order valence-electron chi connectivity index (χ1n) is 10.5. The Labute approximate surface area is 192 Å². The monoisotopic (exact) mass is 448 g/mol. The lowest BCUT2D eigenvalue weighted by molar-refractivity contribution is -0.118. The number of nitrogens with zero attached hydrogens (tertiary/aromatic N) is 1. The molecule has 1 N–H and O–H groups in total. The Balaban J connectivity index is 1.52. The van der Waals surface area contributed by atoms with E-state index in [2.05, 4.69) is 24.1 Å². The molecular formula is C26H25ClN2O3. The molecule has 0 bridgehead atoms. The molecule has 32 heavy (non-hydrogen) atoms. The van der Waals surface area contributed by atoms with Crippen molar-refractivity contribution in [2.24, 2.45) is 0 Å². The fourth-order valence-electron chi connectivity index (χ4n) is 3.41. The molecule has 0 atom stereocenters. The van der Waals surface area contributed by atoms with Gasteiger partial charge in [-0.3, -0.25) is 4.79 Å². The highest BCUT2D eigenvalue weighted by molar-refractivity contribution is 6.33. The summed E-state index contributed by atoms with van der Waals surface area (Å²) in [6.45, 7) is 8.15. The van der Waals surface area contributed by atoms with Crippen molar-refractivity contribution in [3.63, 3.8) is 0 Å². The van der Waals surface area contributed by atoms with Crippen LogP contribution in [-0.4, -0.2) is 17.5 Å². The van der Waals surface area contributed by atoms with Crippen LogP contribution < -0.4 is 10.1 Å². The van der Waals surface area contributed by atoms with E-state index in [0.717, 1.165) is 16.6 Å². The lowest BCUT2D eigenvalue weighted by atomic mass is 10.0. The summed E-state index contributed by atoms with van der Waals surface area (Å²) < 4.78 is 11.6. The number of ether oxygens (including phenoxy) is 1. The molecule has 0 aliphatic carbocycles. The van der Waals surface area contributed by atoms with Gasteiger partial charge < -0.3 is 14.5 Å². The molecule has 0 radical (unpaired) electrons. The molecule has 0 saturated carbocycles. The number of carbonyl (C=O) groups is 1. The van der Waals surface area contributed by atoms with Gasteiger partial charge in [-0.05, 0) is 72.9 Å². The summed E-state index contributed by atoms with van der Waals surface area (Å²) in [6.07, 6.45) is 0. The molecule has 6 heteroatoms. The molecule has 1 aromatic heterocycles. The minimum absolute atomic E-state index is 0.0941. The zero-order valence-electron chi connectivity index (χ0n) is 18.5. The fraction of sp³-hybridized carbons (Fsp3) is 0.231. The molecule has 0 fully saturated rings. The first-order chi connectivity index (χ1) is 15.3. The van der Waals surface area contributed by atoms with E-state index in [1.165, 1.54) is 5.56 Å². The zero-order valence-corrected chi connectivity index (χ0v) is 19.3. The Kier molecular flexibility index (Phi) is 6.19. The molecule has 5 nitrogen and oxygen atoms in total. The summed E-state index contributed by atoms with van der Waals surface area (Å²) in [6, 6.07) is 17.0. The Morgan fingerprint density at radius 3 is 2.72 bits per heavy atom. The third-order valence-corrected chi connectivity index (χ3v) is 5.80. The topological polar surface area (TPSA) is 64.4 Å². The number of oxazole rings is 1. The Bertz CT molecular complexity index is 1290. The third-order valence-electron chi connectivity index (χ3n) is 5.47. The maximum absolute atomic E-state index is 12.4. The number of halogens is 1. The van der Waals surface area contributed by atoms with Gasteiger partial charge >= 0.3 is 0 Å². The SMILES string of the molecule is Cc1cccc(OCC(=O)Nc2ccc(Cl)c(-c3nc4cc(C(C)C)ccc4o3)c2)c1C. The minimum Gasteiger partial charge on any atom is -0.483 e. The van der Waals surface area contributed by atoms with Crippen LogP contribution in [0.25, 0.3) is 22.6 Å². The number of aryl methyl sites for hydroxylation is 1. The predicted octanol–water partition coefficient (Wildman–Crippen LogP) is 6.91. The average Bonchev–Trinajstić information content (AvgIpc) is 3.19. The number of anilines is 1. The summed E-state index contributed by atoms with van der Waals surface area (Å²) in [5, 5.41) is 3.34. The molecule has 0 spiro atoms. The number of amides is 1. The first-order valence-corrected chi connectivity index (χ1v) is 10.9. The van der Waals surface area contributed by atoms with E-state index in [1.54, 1.807) is 18.2 Å². The summed E-state index contributed by atoms with van der Waals surface area (Å²) >= 11 is 6.41. The van der Waals surface area contributed by atoms with Gasteiger partial charge in [0, 0.05) is 5.69 Å². The van der Waals surface area contributed by atoms with Crippen LogP contribution in [0.5, 0.6) is 5.75 Å². The van der Waals surface area contributed by atoms with E-state index in [4.69, 9.17) is 20.8 Å². The van der Waals surface area contributed by atoms with Crippen molar-refractivity contribution < 1.29 is 13.9 Å². The molecule has 0 aliphatic rings. The molecule has 164 valence electrons. The van der Waals surface area contributed by atoms with Crippen LogP contribution >= 0.6 is 11.6 Å². The highest BCUT2D eigenvalue weighted by Gasteiger charge is 2.15. The molecule has 4 aromatic rings. The van der Waals surface area contributed by atoms with Crippen LogP contribution in [0.3, 0.4) is 0 Å². The second-order valence-corrected chi connectivity index (χ2v) is 8.54. The maximum atomic E-state index is 12.4. The number of aromatic nitrogens is 1. The van der Waals surface area contributed by atoms with Gasteiger partial charge in [0.1, 0.15) is 11.3 Å². The second-order valence-electron chi connectivity index (χ2n) is 8.13. The Morgan fingerprint density at radius 2 is 1.94 bits per heavy atom. The van der Waals surface area contributed by atoms with E-state index in [0.29, 0.717) is 39.4 Å². The van der Waals surface area contributed by atoms with Gasteiger partial charge in [-0.15, -0.1) is 0 Å². The van der Waals surface area contributed by atoms with Crippen LogP contribution in [0.4, 0.5) is 5.69 Å². The van der Waals surface area contributed by atoms with Gasteiger partial charge in [0.15, 0.2) is 12.2 Å². The van der Waals surface area contributed by atoms with Crippen molar-refractivity contribution in [1.29, 1.82) is 0 Å². The van der Waals surface area contributed by atoms with Crippen molar-refractivity contribution in [1.82, 2.24) is 4.98 Å². The smallest absolute Gasteiger partial charge is 0.262 e. The highest BCUT2D eigenvalue weighted by Crippen LogP contribution is 2.33. The van der Waals surface area contributed by atoms with Crippen LogP contribution in [0.1, 0.15) is 36.5 Å². The van der Waals surface area contributed by atoms with E-state index in [-0.39, 0.29) is 12.5 Å². The van der Waals surface area contributed by atoms with Crippen molar-refractivity contribution in [3.8, 4) is 17.2 Å². The van der Waals surface area contributed by atoms with Gasteiger partial charge in [-0.2, -0.15) is 0 Å². The van der Waals surface area contributed by atoms with Crippen LogP contribution in [0, 0.1) is 13.8 Å². The van der Waals surface area contributed by atoms with Crippen LogP contribution in [0.2, 0.25) is 5.02 Å². The Morgan fingerprint density at radius 1 is 1.12 bits per heavy atom. The number of hydrogen-bond acceptors (Lipinski definition) is 4. The van der Waals surface area contributed by atoms with Gasteiger partial charge in [0.05, 0.1) is 10.6 Å². The molecule has 0 saturated heterocycles. The largest absolute Gasteiger partial charge is 0.483 e. The molecule has 0 aliphatic heterocycles. The lowest BCUT2D eigenvalue weighted by Crippen LogP contribution is -2.20. The first kappa shape index (κ1) is 21.9. The number of benzene rings is 3. The molecule has 0 unspecified atom stereocenters. The Hall–Kier alpha value is -3.31. The quantitative estimate of drug-likeness (QED) is 0.348. The molecule has 4 rings (SSSR count). The molecule has 1 amide bonds. The molecule has 3 aromatic carbocycles. The van der Waals surface area contributed by atoms with Crippen molar-refractivity contribution >= 4 is 34.3 Å². The zero-order chi connectivity index (χ0) is 22.8. The number of fused-ring (bicyclic) bond motifs is 1. The molecular weight excluding hydrogens is 424 g/mol. The van der Waals surface area contributed by atoms with E-state index in [1.807, 2.05) is 50.2 Å². The van der Waals surface area contributed by atoms with Gasteiger partial charge in [0.25, 0.3) is 5.91 Å². The van der Waals surface area contributed by atoms with E-state index in [9.17, 15) is 4.79 Å². The normalized spacial score (nSPS) is 11.2. The second kappa shape index (κ2) is 9.05. The summed E-state index contributed by atoms with van der Waals surface area (Å²) in [4.78, 5) is 17.1. The van der Waals surface area contributed by atoms with E-state index >= 15 is 0 Å².